The maximum atomic E-state index is 12.2. The molecule has 0 saturated carbocycles. The molecule has 1 aromatic rings. The van der Waals surface area contributed by atoms with Crippen LogP contribution in [0.25, 0.3) is 0 Å². The molecule has 1 fully saturated rings. The van der Waals surface area contributed by atoms with Gasteiger partial charge in [0.25, 0.3) is 0 Å². The molecule has 1 saturated heterocycles. The van der Waals surface area contributed by atoms with Crippen LogP contribution >= 0.6 is 0 Å². The molecule has 1 atom stereocenters. The first-order valence-electron chi connectivity index (χ1n) is 7.65. The number of hydrogen-bond donors (Lipinski definition) is 2. The zero-order valence-electron chi connectivity index (χ0n) is 13.1. The van der Waals surface area contributed by atoms with Crippen LogP contribution in [-0.2, 0) is 9.84 Å². The lowest BCUT2D eigenvalue weighted by Gasteiger charge is -2.32. The van der Waals surface area contributed by atoms with Gasteiger partial charge in [0.1, 0.15) is 0 Å². The van der Waals surface area contributed by atoms with E-state index in [9.17, 15) is 13.2 Å². The normalized spacial score (nSPS) is 18.2. The standard InChI is InChI=1S/C14H24N4O3S/c1-3-22(20,21)9-11(2)17-14(19)18-6-4-12(5-7-18)13-8-15-10-16-13/h8,10-12H,3-7,9H2,1-2H3,(H,15,16)(H,17,19)/t11-/m0/s1. The van der Waals surface area contributed by atoms with Gasteiger partial charge in [0, 0.05) is 42.7 Å². The van der Waals surface area contributed by atoms with E-state index >= 15 is 0 Å². The van der Waals surface area contributed by atoms with Crippen molar-refractivity contribution >= 4 is 15.9 Å². The molecular weight excluding hydrogens is 304 g/mol. The number of aromatic amines is 1. The van der Waals surface area contributed by atoms with Crippen LogP contribution in [0.4, 0.5) is 4.79 Å². The minimum absolute atomic E-state index is 0.0140. The molecule has 2 heterocycles. The molecule has 124 valence electrons. The van der Waals surface area contributed by atoms with Gasteiger partial charge in [0.05, 0.1) is 12.1 Å². The molecule has 22 heavy (non-hydrogen) atoms. The molecule has 2 rings (SSSR count). The lowest BCUT2D eigenvalue weighted by atomic mass is 9.94. The predicted molar refractivity (Wildman–Crippen MR) is 84.5 cm³/mol. The van der Waals surface area contributed by atoms with Crippen LogP contribution in [0.5, 0.6) is 0 Å². The van der Waals surface area contributed by atoms with Crippen LogP contribution in [0.2, 0.25) is 0 Å². The number of piperidine rings is 1. The van der Waals surface area contributed by atoms with E-state index in [-0.39, 0.29) is 23.6 Å². The molecule has 0 radical (unpaired) electrons. The first kappa shape index (κ1) is 16.8. The third kappa shape index (κ3) is 4.46. The Morgan fingerprint density at radius 1 is 1.50 bits per heavy atom. The van der Waals surface area contributed by atoms with E-state index < -0.39 is 9.84 Å². The van der Waals surface area contributed by atoms with Crippen LogP contribution in [0.15, 0.2) is 12.5 Å². The third-order valence-electron chi connectivity index (χ3n) is 4.06. The number of sulfone groups is 1. The summed E-state index contributed by atoms with van der Waals surface area (Å²) in [6.07, 6.45) is 5.27. The van der Waals surface area contributed by atoms with E-state index in [0.29, 0.717) is 19.0 Å². The van der Waals surface area contributed by atoms with Gasteiger partial charge in [0.2, 0.25) is 0 Å². The van der Waals surface area contributed by atoms with Gasteiger partial charge in [-0.3, -0.25) is 0 Å². The number of urea groups is 1. The highest BCUT2D eigenvalue weighted by Gasteiger charge is 2.25. The molecule has 8 heteroatoms. The maximum Gasteiger partial charge on any atom is 0.317 e. The largest absolute Gasteiger partial charge is 0.348 e. The van der Waals surface area contributed by atoms with Crippen LogP contribution < -0.4 is 5.32 Å². The summed E-state index contributed by atoms with van der Waals surface area (Å²) in [5.74, 6) is 0.493. The topological polar surface area (TPSA) is 95.2 Å². The zero-order chi connectivity index (χ0) is 16.2. The number of H-pyrrole nitrogens is 1. The molecule has 0 aromatic carbocycles. The summed E-state index contributed by atoms with van der Waals surface area (Å²) in [4.78, 5) is 21.1. The molecule has 1 aromatic heterocycles. The van der Waals surface area contributed by atoms with Gasteiger partial charge in [-0.05, 0) is 19.8 Å². The molecular formula is C14H24N4O3S. The first-order valence-corrected chi connectivity index (χ1v) is 9.47. The van der Waals surface area contributed by atoms with Crippen molar-refractivity contribution in [3.05, 3.63) is 18.2 Å². The van der Waals surface area contributed by atoms with Crippen LogP contribution in [-0.4, -0.2) is 60.0 Å². The Bertz CT molecular complexity index is 577. The van der Waals surface area contributed by atoms with E-state index in [1.54, 1.807) is 25.1 Å². The average molecular weight is 328 g/mol. The van der Waals surface area contributed by atoms with Crippen molar-refractivity contribution in [2.24, 2.45) is 0 Å². The summed E-state index contributed by atoms with van der Waals surface area (Å²) in [7, 11) is -3.08. The second kappa shape index (κ2) is 7.13. The van der Waals surface area contributed by atoms with Gasteiger partial charge in [0.15, 0.2) is 9.84 Å². The van der Waals surface area contributed by atoms with Gasteiger partial charge in [-0.15, -0.1) is 0 Å². The number of imidazole rings is 1. The minimum atomic E-state index is -3.08. The number of nitrogens with zero attached hydrogens (tertiary/aromatic N) is 2. The van der Waals surface area contributed by atoms with Crippen molar-refractivity contribution in [2.75, 3.05) is 24.6 Å². The van der Waals surface area contributed by atoms with Crippen molar-refractivity contribution < 1.29 is 13.2 Å². The molecule has 0 bridgehead atoms. The van der Waals surface area contributed by atoms with Crippen molar-refractivity contribution in [1.29, 1.82) is 0 Å². The zero-order valence-corrected chi connectivity index (χ0v) is 13.9. The van der Waals surface area contributed by atoms with Crippen LogP contribution in [0.3, 0.4) is 0 Å². The maximum absolute atomic E-state index is 12.2. The third-order valence-corrected chi connectivity index (χ3v) is 5.94. The van der Waals surface area contributed by atoms with Gasteiger partial charge in [-0.2, -0.15) is 0 Å². The van der Waals surface area contributed by atoms with Gasteiger partial charge >= 0.3 is 6.03 Å². The summed E-state index contributed by atoms with van der Waals surface area (Å²) >= 11 is 0. The van der Waals surface area contributed by atoms with Crippen molar-refractivity contribution in [2.45, 2.75) is 38.6 Å². The second-order valence-corrected chi connectivity index (χ2v) is 8.22. The summed E-state index contributed by atoms with van der Waals surface area (Å²) in [5.41, 5.74) is 1.11. The summed E-state index contributed by atoms with van der Waals surface area (Å²) in [6.45, 7) is 4.68. The van der Waals surface area contributed by atoms with E-state index in [0.717, 1.165) is 18.5 Å². The summed E-state index contributed by atoms with van der Waals surface area (Å²) in [6, 6.07) is -0.551. The highest BCUT2D eigenvalue weighted by atomic mass is 32.2. The number of rotatable bonds is 5. The smallest absolute Gasteiger partial charge is 0.317 e. The van der Waals surface area contributed by atoms with Crippen LogP contribution in [0.1, 0.15) is 38.3 Å². The highest BCUT2D eigenvalue weighted by Crippen LogP contribution is 2.26. The van der Waals surface area contributed by atoms with Crippen molar-refractivity contribution in [3.63, 3.8) is 0 Å². The molecule has 1 aliphatic heterocycles. The van der Waals surface area contributed by atoms with Gasteiger partial charge in [-0.1, -0.05) is 6.92 Å². The van der Waals surface area contributed by atoms with Gasteiger partial charge in [-0.25, -0.2) is 18.2 Å². The van der Waals surface area contributed by atoms with Gasteiger partial charge < -0.3 is 15.2 Å². The number of hydrogen-bond acceptors (Lipinski definition) is 4. The number of carbonyl (C=O) groups excluding carboxylic acids is 1. The number of carbonyl (C=O) groups is 1. The molecule has 2 amide bonds. The Labute approximate surface area is 131 Å². The predicted octanol–water partition coefficient (Wildman–Crippen LogP) is 1.12. The Kier molecular flexibility index (Phi) is 5.44. The quantitative estimate of drug-likeness (QED) is 0.847. The molecule has 0 spiro atoms. The monoisotopic (exact) mass is 328 g/mol. The van der Waals surface area contributed by atoms with E-state index in [1.165, 1.54) is 0 Å². The molecule has 2 N–H and O–H groups in total. The number of likely N-dealkylation sites (tertiary alicyclic amines) is 1. The lowest BCUT2D eigenvalue weighted by molar-refractivity contribution is 0.178. The Morgan fingerprint density at radius 2 is 2.18 bits per heavy atom. The van der Waals surface area contributed by atoms with E-state index in [1.807, 2.05) is 6.20 Å². The molecule has 0 aliphatic carbocycles. The number of nitrogens with one attached hydrogen (secondary N) is 2. The fourth-order valence-electron chi connectivity index (χ4n) is 2.73. The Balaban J connectivity index is 1.80. The average Bonchev–Trinajstić information content (AvgIpc) is 3.01. The highest BCUT2D eigenvalue weighted by molar-refractivity contribution is 7.91. The van der Waals surface area contributed by atoms with E-state index in [4.69, 9.17) is 0 Å². The Hall–Kier alpha value is -1.57. The number of amides is 2. The van der Waals surface area contributed by atoms with E-state index in [2.05, 4.69) is 15.3 Å². The van der Waals surface area contributed by atoms with Crippen molar-refractivity contribution in [1.82, 2.24) is 20.2 Å². The first-order chi connectivity index (χ1) is 10.4. The fourth-order valence-corrected chi connectivity index (χ4v) is 3.81. The summed E-state index contributed by atoms with van der Waals surface area (Å²) in [5, 5.41) is 2.78. The SMILES string of the molecule is CCS(=O)(=O)C[C@H](C)NC(=O)N1CCC(c2cnc[nH]2)CC1. The van der Waals surface area contributed by atoms with Crippen molar-refractivity contribution in [3.8, 4) is 0 Å². The molecule has 7 nitrogen and oxygen atoms in total. The van der Waals surface area contributed by atoms with Crippen LogP contribution in [0, 0.1) is 0 Å². The Morgan fingerprint density at radius 3 is 2.73 bits per heavy atom. The minimum Gasteiger partial charge on any atom is -0.348 e. The second-order valence-electron chi connectivity index (χ2n) is 5.82. The summed E-state index contributed by atoms with van der Waals surface area (Å²) < 4.78 is 23.1. The molecule has 0 unspecified atom stereocenters. The lowest BCUT2D eigenvalue weighted by Crippen LogP contribution is -2.48. The molecule has 1 aliphatic rings. The fraction of sp³-hybridized carbons (Fsp3) is 0.714. The number of aromatic nitrogens is 2.